The number of nitrogens with zero attached hydrogens (tertiary/aromatic N) is 2. The Morgan fingerprint density at radius 1 is 1.24 bits per heavy atom. The van der Waals surface area contributed by atoms with E-state index in [1.54, 1.807) is 48.5 Å². The third kappa shape index (κ3) is 3.63. The highest BCUT2D eigenvalue weighted by atomic mass is 35.5. The van der Waals surface area contributed by atoms with Crippen LogP contribution in [0.1, 0.15) is 33.3 Å². The molecule has 148 valence electrons. The van der Waals surface area contributed by atoms with Crippen molar-refractivity contribution in [1.29, 1.82) is 0 Å². The van der Waals surface area contributed by atoms with E-state index in [9.17, 15) is 9.18 Å². The maximum Gasteiger partial charge on any atom is 0.258 e. The molecule has 3 aromatic rings. The Kier molecular flexibility index (Phi) is 5.11. The van der Waals surface area contributed by atoms with Crippen molar-refractivity contribution in [3.05, 3.63) is 88.0 Å². The van der Waals surface area contributed by atoms with Gasteiger partial charge in [0, 0.05) is 23.8 Å². The normalized spacial score (nSPS) is 15.4. The van der Waals surface area contributed by atoms with Crippen LogP contribution in [0, 0.1) is 12.7 Å². The fraction of sp³-hybridized carbons (Fsp3) is 0.182. The lowest BCUT2D eigenvalue weighted by Crippen LogP contribution is -2.32. The Morgan fingerprint density at radius 2 is 2.00 bits per heavy atom. The average molecular weight is 412 g/mol. The van der Waals surface area contributed by atoms with Gasteiger partial charge in [0.25, 0.3) is 5.91 Å². The summed E-state index contributed by atoms with van der Waals surface area (Å²) in [5, 5.41) is 3.98. The Bertz CT molecular complexity index is 1070. The smallest absolute Gasteiger partial charge is 0.258 e. The summed E-state index contributed by atoms with van der Waals surface area (Å²) >= 11 is 6.22. The van der Waals surface area contributed by atoms with Crippen LogP contribution in [0.4, 0.5) is 10.1 Å². The summed E-state index contributed by atoms with van der Waals surface area (Å²) in [5.74, 6) is 0.112. The van der Waals surface area contributed by atoms with Crippen LogP contribution in [0.5, 0.6) is 5.75 Å². The molecule has 2 aromatic carbocycles. The van der Waals surface area contributed by atoms with E-state index in [1.807, 2.05) is 13.0 Å². The SMILES string of the molecule is COc1cc(Cl)c(C)cc1NC1c2ncccc2C(=O)N1Cc1ccc(F)cc1. The van der Waals surface area contributed by atoms with E-state index in [0.717, 1.165) is 11.1 Å². The highest BCUT2D eigenvalue weighted by Crippen LogP contribution is 2.38. The Balaban J connectivity index is 1.72. The standard InChI is InChI=1S/C22H19ClFN3O2/c1-13-10-18(19(29-2)11-17(13)23)26-21-20-16(4-3-9-25-20)22(28)27(21)12-14-5-7-15(24)8-6-14/h3-11,21,26H,12H2,1-2H3. The van der Waals surface area contributed by atoms with Crippen LogP contribution in [-0.2, 0) is 6.54 Å². The van der Waals surface area contributed by atoms with Gasteiger partial charge in [-0.25, -0.2) is 4.39 Å². The summed E-state index contributed by atoms with van der Waals surface area (Å²) in [6, 6.07) is 13.2. The molecule has 0 aliphatic carbocycles. The van der Waals surface area contributed by atoms with Crippen molar-refractivity contribution in [3.63, 3.8) is 0 Å². The first-order valence-electron chi connectivity index (χ1n) is 9.09. The van der Waals surface area contributed by atoms with Gasteiger partial charge in [-0.1, -0.05) is 23.7 Å². The molecule has 2 heterocycles. The largest absolute Gasteiger partial charge is 0.495 e. The number of aromatic nitrogens is 1. The molecule has 1 amide bonds. The van der Waals surface area contributed by atoms with Crippen molar-refractivity contribution < 1.29 is 13.9 Å². The fourth-order valence-electron chi connectivity index (χ4n) is 3.42. The lowest BCUT2D eigenvalue weighted by molar-refractivity contribution is 0.0727. The first-order chi connectivity index (χ1) is 14.0. The van der Waals surface area contributed by atoms with Gasteiger partial charge < -0.3 is 15.0 Å². The first kappa shape index (κ1) is 19.2. The van der Waals surface area contributed by atoms with E-state index in [1.165, 1.54) is 12.1 Å². The van der Waals surface area contributed by atoms with E-state index in [2.05, 4.69) is 10.3 Å². The number of anilines is 1. The number of ether oxygens (including phenoxy) is 1. The van der Waals surface area contributed by atoms with Crippen LogP contribution in [-0.4, -0.2) is 22.9 Å². The zero-order chi connectivity index (χ0) is 20.5. The second-order valence-corrected chi connectivity index (χ2v) is 7.25. The van der Waals surface area contributed by atoms with Crippen LogP contribution in [0.15, 0.2) is 54.7 Å². The van der Waals surface area contributed by atoms with Gasteiger partial charge in [-0.05, 0) is 48.4 Å². The number of aryl methyl sites for hydroxylation is 1. The van der Waals surface area contributed by atoms with Gasteiger partial charge in [0.15, 0.2) is 0 Å². The van der Waals surface area contributed by atoms with Crippen LogP contribution in [0.2, 0.25) is 5.02 Å². The maximum atomic E-state index is 13.3. The third-order valence-electron chi connectivity index (χ3n) is 4.94. The lowest BCUT2D eigenvalue weighted by Gasteiger charge is -2.27. The minimum Gasteiger partial charge on any atom is -0.495 e. The van der Waals surface area contributed by atoms with Gasteiger partial charge >= 0.3 is 0 Å². The second-order valence-electron chi connectivity index (χ2n) is 6.84. The quantitative estimate of drug-likeness (QED) is 0.644. The zero-order valence-electron chi connectivity index (χ0n) is 15.9. The number of carbonyl (C=O) groups is 1. The zero-order valence-corrected chi connectivity index (χ0v) is 16.7. The number of amides is 1. The Hall–Kier alpha value is -3.12. The monoisotopic (exact) mass is 411 g/mol. The van der Waals surface area contributed by atoms with E-state index in [0.29, 0.717) is 34.3 Å². The predicted octanol–water partition coefficient (Wildman–Crippen LogP) is 4.96. The van der Waals surface area contributed by atoms with Crippen molar-refractivity contribution in [2.45, 2.75) is 19.6 Å². The molecule has 7 heteroatoms. The third-order valence-corrected chi connectivity index (χ3v) is 5.35. The molecular formula is C22H19ClFN3O2. The molecule has 1 unspecified atom stereocenters. The van der Waals surface area contributed by atoms with Crippen LogP contribution >= 0.6 is 11.6 Å². The van der Waals surface area contributed by atoms with Crippen molar-refractivity contribution >= 4 is 23.2 Å². The van der Waals surface area contributed by atoms with Crippen molar-refractivity contribution in [2.24, 2.45) is 0 Å². The molecule has 0 radical (unpaired) electrons. The minimum absolute atomic E-state index is 0.139. The molecule has 0 fully saturated rings. The summed E-state index contributed by atoms with van der Waals surface area (Å²) in [7, 11) is 1.56. The predicted molar refractivity (Wildman–Crippen MR) is 110 cm³/mol. The number of methoxy groups -OCH3 is 1. The van der Waals surface area contributed by atoms with Crippen molar-refractivity contribution in [3.8, 4) is 5.75 Å². The van der Waals surface area contributed by atoms with E-state index < -0.39 is 6.17 Å². The number of rotatable bonds is 5. The molecule has 1 aliphatic heterocycles. The molecule has 0 saturated heterocycles. The van der Waals surface area contributed by atoms with Crippen LogP contribution in [0.3, 0.4) is 0 Å². The van der Waals surface area contributed by atoms with E-state index >= 15 is 0 Å². The van der Waals surface area contributed by atoms with Gasteiger partial charge in [-0.2, -0.15) is 0 Å². The number of halogens is 2. The second kappa shape index (κ2) is 7.72. The molecule has 1 N–H and O–H groups in total. The van der Waals surface area contributed by atoms with Crippen LogP contribution < -0.4 is 10.1 Å². The van der Waals surface area contributed by atoms with E-state index in [4.69, 9.17) is 16.3 Å². The Labute approximate surface area is 173 Å². The van der Waals surface area contributed by atoms with Gasteiger partial charge in [-0.3, -0.25) is 9.78 Å². The number of pyridine rings is 1. The number of hydrogen-bond acceptors (Lipinski definition) is 4. The number of benzene rings is 2. The summed E-state index contributed by atoms with van der Waals surface area (Å²) in [4.78, 5) is 19.2. The summed E-state index contributed by atoms with van der Waals surface area (Å²) in [6.07, 6.45) is 1.16. The number of nitrogens with one attached hydrogen (secondary N) is 1. The molecule has 0 spiro atoms. The lowest BCUT2D eigenvalue weighted by atomic mass is 10.1. The van der Waals surface area contributed by atoms with Gasteiger partial charge in [0.2, 0.25) is 0 Å². The van der Waals surface area contributed by atoms with Gasteiger partial charge in [0.1, 0.15) is 17.7 Å². The number of hydrogen-bond donors (Lipinski definition) is 1. The molecule has 5 nitrogen and oxygen atoms in total. The first-order valence-corrected chi connectivity index (χ1v) is 9.46. The maximum absolute atomic E-state index is 13.3. The van der Waals surface area contributed by atoms with Crippen LogP contribution in [0.25, 0.3) is 0 Å². The summed E-state index contributed by atoms with van der Waals surface area (Å²) < 4.78 is 18.7. The van der Waals surface area contributed by atoms with Gasteiger partial charge in [0.05, 0.1) is 24.1 Å². The fourth-order valence-corrected chi connectivity index (χ4v) is 3.58. The molecule has 29 heavy (non-hydrogen) atoms. The molecule has 0 bridgehead atoms. The van der Waals surface area contributed by atoms with E-state index in [-0.39, 0.29) is 11.7 Å². The number of fused-ring (bicyclic) bond motifs is 1. The average Bonchev–Trinajstić information content (AvgIpc) is 2.98. The van der Waals surface area contributed by atoms with Crippen molar-refractivity contribution in [1.82, 2.24) is 9.88 Å². The highest BCUT2D eigenvalue weighted by molar-refractivity contribution is 6.31. The van der Waals surface area contributed by atoms with Crippen molar-refractivity contribution in [2.75, 3.05) is 12.4 Å². The summed E-state index contributed by atoms with van der Waals surface area (Å²) in [5.41, 5.74) is 3.57. The minimum atomic E-state index is -0.502. The number of carbonyl (C=O) groups excluding carboxylic acids is 1. The molecular weight excluding hydrogens is 393 g/mol. The molecule has 0 saturated carbocycles. The molecule has 1 aromatic heterocycles. The molecule has 1 aliphatic rings. The van der Waals surface area contributed by atoms with Gasteiger partial charge in [-0.15, -0.1) is 0 Å². The summed E-state index contributed by atoms with van der Waals surface area (Å²) in [6.45, 7) is 2.21. The topological polar surface area (TPSA) is 54.5 Å². The molecule has 4 rings (SSSR count). The molecule has 1 atom stereocenters. The highest BCUT2D eigenvalue weighted by Gasteiger charge is 2.38. The Morgan fingerprint density at radius 3 is 2.72 bits per heavy atom.